The van der Waals surface area contributed by atoms with Crippen LogP contribution in [-0.2, 0) is 0 Å². The van der Waals surface area contributed by atoms with E-state index in [1.807, 2.05) is 48.5 Å². The molecule has 0 spiro atoms. The first-order valence-electron chi connectivity index (χ1n) is 6.12. The third kappa shape index (κ3) is 2.91. The molecule has 1 heterocycles. The zero-order valence-electron chi connectivity index (χ0n) is 10.7. The molecule has 6 heteroatoms. The van der Waals surface area contributed by atoms with Gasteiger partial charge in [-0.1, -0.05) is 39.3 Å². The highest BCUT2D eigenvalue weighted by Gasteiger charge is 2.19. The smallest absolute Gasteiger partial charge is 0.214 e. The highest BCUT2D eigenvalue weighted by atomic mass is 127. The third-order valence-electron chi connectivity index (χ3n) is 2.96. The number of rotatable bonds is 3. The Labute approximate surface area is 143 Å². The lowest BCUT2D eigenvalue weighted by Gasteiger charge is -2.07. The molecule has 0 unspecified atom stereocenters. The van der Waals surface area contributed by atoms with Gasteiger partial charge < -0.3 is 0 Å². The van der Waals surface area contributed by atoms with Crippen LogP contribution in [0.5, 0.6) is 0 Å². The molecule has 3 rings (SSSR count). The number of hydrogen-bond donors (Lipinski definition) is 0. The Morgan fingerprint density at radius 2 is 1.90 bits per heavy atom. The molecule has 104 valence electrons. The van der Waals surface area contributed by atoms with Gasteiger partial charge in [-0.15, -0.1) is 5.10 Å². The Bertz CT molecular complexity index is 802. The number of halogens is 2. The minimum atomic E-state index is -0.116. The average Bonchev–Trinajstić information content (AvgIpc) is 2.99. The summed E-state index contributed by atoms with van der Waals surface area (Å²) in [6.07, 6.45) is 1.49. The minimum absolute atomic E-state index is 0.116. The number of carbonyl (C=O) groups is 1. The SMILES string of the molecule is O=C(c1cc(I)ccc1Br)c1cnnn1-c1ccccc1. The summed E-state index contributed by atoms with van der Waals surface area (Å²) in [6, 6.07) is 15.1. The Balaban J connectivity index is 2.08. The molecule has 0 radical (unpaired) electrons. The van der Waals surface area contributed by atoms with Gasteiger partial charge in [-0.3, -0.25) is 4.79 Å². The molecule has 2 aromatic carbocycles. The van der Waals surface area contributed by atoms with Crippen LogP contribution < -0.4 is 0 Å². The molecule has 3 aromatic rings. The first kappa shape index (κ1) is 14.4. The number of benzene rings is 2. The van der Waals surface area contributed by atoms with E-state index in [0.717, 1.165) is 13.7 Å². The normalized spacial score (nSPS) is 10.6. The fourth-order valence-electron chi connectivity index (χ4n) is 1.96. The highest BCUT2D eigenvalue weighted by molar-refractivity contribution is 14.1. The molecule has 0 aliphatic carbocycles. The van der Waals surface area contributed by atoms with E-state index in [0.29, 0.717) is 11.3 Å². The van der Waals surface area contributed by atoms with Crippen LogP contribution in [0.2, 0.25) is 0 Å². The third-order valence-corrected chi connectivity index (χ3v) is 4.32. The van der Waals surface area contributed by atoms with E-state index in [4.69, 9.17) is 0 Å². The van der Waals surface area contributed by atoms with E-state index < -0.39 is 0 Å². The van der Waals surface area contributed by atoms with E-state index >= 15 is 0 Å². The van der Waals surface area contributed by atoms with Crippen molar-refractivity contribution < 1.29 is 4.79 Å². The molecule has 0 aliphatic rings. The van der Waals surface area contributed by atoms with E-state index in [-0.39, 0.29) is 5.78 Å². The van der Waals surface area contributed by atoms with Crippen molar-refractivity contribution in [3.8, 4) is 5.69 Å². The van der Waals surface area contributed by atoms with Crippen molar-refractivity contribution in [1.82, 2.24) is 15.0 Å². The minimum Gasteiger partial charge on any atom is -0.287 e. The summed E-state index contributed by atoms with van der Waals surface area (Å²) in [5.74, 6) is -0.116. The summed E-state index contributed by atoms with van der Waals surface area (Å²) in [4.78, 5) is 12.7. The van der Waals surface area contributed by atoms with Crippen LogP contribution in [0.4, 0.5) is 0 Å². The predicted molar refractivity (Wildman–Crippen MR) is 91.7 cm³/mol. The average molecular weight is 454 g/mol. The lowest BCUT2D eigenvalue weighted by Crippen LogP contribution is -2.10. The van der Waals surface area contributed by atoms with Gasteiger partial charge in [0.2, 0.25) is 5.78 Å². The van der Waals surface area contributed by atoms with Crippen molar-refractivity contribution in [2.24, 2.45) is 0 Å². The number of hydrogen-bond acceptors (Lipinski definition) is 3. The zero-order chi connectivity index (χ0) is 14.8. The van der Waals surface area contributed by atoms with Crippen LogP contribution in [0.25, 0.3) is 5.69 Å². The van der Waals surface area contributed by atoms with Crippen LogP contribution in [0.3, 0.4) is 0 Å². The number of nitrogens with zero attached hydrogens (tertiary/aromatic N) is 3. The number of para-hydroxylation sites is 1. The van der Waals surface area contributed by atoms with E-state index in [9.17, 15) is 4.79 Å². The molecule has 0 atom stereocenters. The zero-order valence-corrected chi connectivity index (χ0v) is 14.4. The quantitative estimate of drug-likeness (QED) is 0.446. The van der Waals surface area contributed by atoms with Gasteiger partial charge in [0.05, 0.1) is 11.9 Å². The van der Waals surface area contributed by atoms with Gasteiger partial charge in [0.25, 0.3) is 0 Å². The largest absolute Gasteiger partial charge is 0.287 e. The lowest BCUT2D eigenvalue weighted by molar-refractivity contribution is 0.103. The Kier molecular flexibility index (Phi) is 4.16. The molecule has 1 aromatic heterocycles. The molecule has 0 saturated carbocycles. The van der Waals surface area contributed by atoms with Crippen molar-refractivity contribution in [1.29, 1.82) is 0 Å². The second-order valence-electron chi connectivity index (χ2n) is 4.32. The van der Waals surface area contributed by atoms with Gasteiger partial charge in [0.15, 0.2) is 0 Å². The van der Waals surface area contributed by atoms with E-state index in [1.54, 1.807) is 4.68 Å². The Morgan fingerprint density at radius 1 is 1.14 bits per heavy atom. The van der Waals surface area contributed by atoms with Gasteiger partial charge >= 0.3 is 0 Å². The van der Waals surface area contributed by atoms with Gasteiger partial charge in [-0.2, -0.15) is 0 Å². The molecule has 0 bridgehead atoms. The monoisotopic (exact) mass is 453 g/mol. The maximum atomic E-state index is 12.7. The van der Waals surface area contributed by atoms with Crippen LogP contribution in [0.1, 0.15) is 16.1 Å². The molecule has 0 aliphatic heterocycles. The predicted octanol–water partition coefficient (Wildman–Crippen LogP) is 3.87. The van der Waals surface area contributed by atoms with Crippen LogP contribution in [-0.4, -0.2) is 20.8 Å². The van der Waals surface area contributed by atoms with Crippen LogP contribution in [0.15, 0.2) is 59.2 Å². The van der Waals surface area contributed by atoms with Crippen molar-refractivity contribution >= 4 is 44.3 Å². The van der Waals surface area contributed by atoms with Gasteiger partial charge in [0, 0.05) is 13.6 Å². The van der Waals surface area contributed by atoms with Crippen molar-refractivity contribution in [3.63, 3.8) is 0 Å². The Hall–Kier alpha value is -1.54. The topological polar surface area (TPSA) is 47.8 Å². The van der Waals surface area contributed by atoms with Gasteiger partial charge in [-0.05, 0) is 52.9 Å². The first-order valence-corrected chi connectivity index (χ1v) is 8.00. The Morgan fingerprint density at radius 3 is 2.67 bits per heavy atom. The summed E-state index contributed by atoms with van der Waals surface area (Å²) in [5, 5.41) is 7.89. The molecule has 0 N–H and O–H groups in total. The molecule has 0 saturated heterocycles. The van der Waals surface area contributed by atoms with E-state index in [1.165, 1.54) is 6.20 Å². The maximum Gasteiger partial charge on any atom is 0.214 e. The van der Waals surface area contributed by atoms with Gasteiger partial charge in [-0.25, -0.2) is 4.68 Å². The van der Waals surface area contributed by atoms with Crippen LogP contribution in [0, 0.1) is 3.57 Å². The fourth-order valence-corrected chi connectivity index (χ4v) is 2.88. The van der Waals surface area contributed by atoms with Gasteiger partial charge in [0.1, 0.15) is 5.69 Å². The molecule has 21 heavy (non-hydrogen) atoms. The lowest BCUT2D eigenvalue weighted by atomic mass is 10.1. The second kappa shape index (κ2) is 6.07. The highest BCUT2D eigenvalue weighted by Crippen LogP contribution is 2.23. The molecule has 0 fully saturated rings. The number of aromatic nitrogens is 3. The molecule has 4 nitrogen and oxygen atoms in total. The summed E-state index contributed by atoms with van der Waals surface area (Å²) in [6.45, 7) is 0. The second-order valence-corrected chi connectivity index (χ2v) is 6.42. The molecular formula is C15H9BrIN3O. The summed E-state index contributed by atoms with van der Waals surface area (Å²) >= 11 is 5.61. The standard InChI is InChI=1S/C15H9BrIN3O/c16-13-7-6-10(17)8-12(13)15(21)14-9-18-19-20(14)11-4-2-1-3-5-11/h1-9H. The van der Waals surface area contributed by atoms with Crippen molar-refractivity contribution in [2.75, 3.05) is 0 Å². The summed E-state index contributed by atoms with van der Waals surface area (Å²) in [5.41, 5.74) is 1.84. The van der Waals surface area contributed by atoms with Crippen molar-refractivity contribution in [2.45, 2.75) is 0 Å². The number of carbonyl (C=O) groups excluding carboxylic acids is 1. The van der Waals surface area contributed by atoms with Crippen molar-refractivity contribution in [3.05, 3.63) is 74.0 Å². The molecule has 0 amide bonds. The fraction of sp³-hybridized carbons (Fsp3) is 0. The van der Waals surface area contributed by atoms with E-state index in [2.05, 4.69) is 48.8 Å². The summed E-state index contributed by atoms with van der Waals surface area (Å²) in [7, 11) is 0. The van der Waals surface area contributed by atoms with Crippen LogP contribution >= 0.6 is 38.5 Å². The molecular weight excluding hydrogens is 445 g/mol. The summed E-state index contributed by atoms with van der Waals surface area (Å²) < 4.78 is 3.31. The number of ketones is 1. The maximum absolute atomic E-state index is 12.7. The first-order chi connectivity index (χ1) is 10.2.